The van der Waals surface area contributed by atoms with E-state index in [2.05, 4.69) is 352 Å². The van der Waals surface area contributed by atoms with Gasteiger partial charge in [-0.15, -0.1) is 22.1 Å². The van der Waals surface area contributed by atoms with Crippen molar-refractivity contribution in [1.82, 2.24) is 19.9 Å². The van der Waals surface area contributed by atoms with Gasteiger partial charge in [-0.3, -0.25) is 0 Å². The zero-order valence-corrected chi connectivity index (χ0v) is 63.3. The molecule has 13 aromatic rings. The first-order valence-electron chi connectivity index (χ1n) is 34.6. The van der Waals surface area contributed by atoms with E-state index in [9.17, 15) is 0 Å². The van der Waals surface area contributed by atoms with Crippen molar-refractivity contribution in [2.75, 3.05) is 38.0 Å². The maximum absolute atomic E-state index is 6.02. The van der Waals surface area contributed by atoms with Gasteiger partial charge in [0, 0.05) is 39.6 Å². The molecule has 0 N–H and O–H groups in total. The average molecular weight is 1340 g/mol. The van der Waals surface area contributed by atoms with Gasteiger partial charge in [0.15, 0.2) is 0 Å². The summed E-state index contributed by atoms with van der Waals surface area (Å²) in [5, 5.41) is 9.09. The number of benzene rings is 10. The third-order valence-corrected chi connectivity index (χ3v) is 20.2. The van der Waals surface area contributed by atoms with E-state index in [4.69, 9.17) is 19.9 Å². The summed E-state index contributed by atoms with van der Waals surface area (Å²) < 4.78 is 0. The molecular weight excluding hydrogens is 1250 g/mol. The maximum atomic E-state index is 6.02. The largest absolute Gasteiger partial charge is 2.00 e. The van der Waals surface area contributed by atoms with Gasteiger partial charge in [-0.2, -0.15) is 0 Å². The van der Waals surface area contributed by atoms with Crippen LogP contribution in [0.15, 0.2) is 206 Å². The summed E-state index contributed by atoms with van der Waals surface area (Å²) in [4.78, 5) is 28.4. The van der Waals surface area contributed by atoms with Crippen LogP contribution in [0, 0.1) is 0 Å². The molecule has 8 bridgehead atoms. The van der Waals surface area contributed by atoms with E-state index in [1.165, 1.54) is 33.4 Å². The van der Waals surface area contributed by atoms with Crippen molar-refractivity contribution in [1.29, 1.82) is 0 Å². The van der Waals surface area contributed by atoms with E-state index in [1.807, 2.05) is 0 Å². The quantitative estimate of drug-likeness (QED) is 0.112. The summed E-state index contributed by atoms with van der Waals surface area (Å²) in [6.07, 6.45) is 8.94. The number of anilines is 2. The van der Waals surface area contributed by atoms with Crippen molar-refractivity contribution in [3.8, 4) is 66.8 Å². The van der Waals surface area contributed by atoms with E-state index in [0.717, 1.165) is 155 Å². The molecule has 6 nitrogen and oxygen atoms in total. The van der Waals surface area contributed by atoms with E-state index >= 15 is 0 Å². The van der Waals surface area contributed by atoms with Crippen LogP contribution in [0.1, 0.15) is 128 Å². The Hall–Kier alpha value is -9.94. The van der Waals surface area contributed by atoms with Crippen molar-refractivity contribution in [3.63, 3.8) is 0 Å². The molecule has 0 unspecified atom stereocenters. The number of aromatic nitrogens is 4. The Morgan fingerprint density at radius 3 is 0.727 bits per heavy atom. The fourth-order valence-electron chi connectivity index (χ4n) is 14.7. The maximum Gasteiger partial charge on any atom is 2.00 e. The first-order chi connectivity index (χ1) is 46.8. The predicted octanol–water partition coefficient (Wildman–Crippen LogP) is 23.8. The Bertz CT molecular complexity index is 5120. The molecule has 0 radical (unpaired) electrons. The Morgan fingerprint density at radius 1 is 0.253 bits per heavy atom. The van der Waals surface area contributed by atoms with E-state index in [0.29, 0.717) is 0 Å². The molecule has 0 fully saturated rings. The molecule has 3 aromatic heterocycles. The van der Waals surface area contributed by atoms with Gasteiger partial charge in [-0.25, -0.2) is 9.97 Å². The predicted molar refractivity (Wildman–Crippen MR) is 423 cm³/mol. The molecule has 10 aromatic carbocycles. The van der Waals surface area contributed by atoms with E-state index < -0.39 is 0 Å². The van der Waals surface area contributed by atoms with Gasteiger partial charge in [0.1, 0.15) is 0 Å². The van der Waals surface area contributed by atoms with Gasteiger partial charge in [0.2, 0.25) is 0 Å². The summed E-state index contributed by atoms with van der Waals surface area (Å²) in [6.45, 7) is 27.8. The first-order valence-corrected chi connectivity index (χ1v) is 34.6. The van der Waals surface area contributed by atoms with Crippen LogP contribution in [-0.4, -0.2) is 38.2 Å². The third kappa shape index (κ3) is 11.9. The van der Waals surface area contributed by atoms with Crippen LogP contribution in [0.4, 0.5) is 11.4 Å². The summed E-state index contributed by atoms with van der Waals surface area (Å²) in [6, 6.07) is 77.0. The molecule has 0 atom stereocenters. The number of fused-ring (bicyclic) bond motifs is 12. The second-order valence-electron chi connectivity index (χ2n) is 31.5. The van der Waals surface area contributed by atoms with E-state index in [-0.39, 0.29) is 41.1 Å². The van der Waals surface area contributed by atoms with Crippen molar-refractivity contribution in [2.24, 2.45) is 0 Å². The molecule has 15 rings (SSSR count). The smallest absolute Gasteiger partial charge is 0.657 e. The molecule has 0 saturated heterocycles. The first kappa shape index (κ1) is 66.3. The summed E-state index contributed by atoms with van der Waals surface area (Å²) in [7, 11) is 8.38. The van der Waals surface area contributed by atoms with Gasteiger partial charge >= 0.3 is 19.5 Å². The van der Waals surface area contributed by atoms with Crippen LogP contribution >= 0.6 is 0 Å². The zero-order chi connectivity index (χ0) is 68.5. The van der Waals surface area contributed by atoms with Crippen LogP contribution in [0.2, 0.25) is 0 Å². The topological polar surface area (TPSA) is 60.5 Å². The van der Waals surface area contributed by atoms with Crippen LogP contribution in [-0.2, 0) is 41.1 Å². The minimum atomic E-state index is -0.169. The Balaban J connectivity index is 0.00000836. The van der Waals surface area contributed by atoms with Gasteiger partial charge in [-0.05, 0) is 202 Å². The van der Waals surface area contributed by atoms with Crippen molar-refractivity contribution < 1.29 is 19.5 Å². The van der Waals surface area contributed by atoms with Crippen molar-refractivity contribution >= 4 is 101 Å². The number of hydrogen-bond acceptors (Lipinski definition) is 4. The van der Waals surface area contributed by atoms with Crippen LogP contribution < -0.4 is 19.8 Å². The van der Waals surface area contributed by atoms with Crippen molar-refractivity contribution in [2.45, 2.75) is 105 Å². The summed E-state index contributed by atoms with van der Waals surface area (Å²) in [5.41, 5.74) is 26.0. The Labute approximate surface area is 597 Å². The summed E-state index contributed by atoms with van der Waals surface area (Å²) >= 11 is 0. The molecule has 99 heavy (non-hydrogen) atoms. The van der Waals surface area contributed by atoms with Crippen LogP contribution in [0.3, 0.4) is 0 Å². The number of rotatable bonds is 8. The fourth-order valence-corrected chi connectivity index (χ4v) is 14.7. The molecule has 5 heterocycles. The van der Waals surface area contributed by atoms with Gasteiger partial charge in [-0.1, -0.05) is 265 Å². The van der Waals surface area contributed by atoms with Crippen molar-refractivity contribution in [3.05, 3.63) is 251 Å². The van der Waals surface area contributed by atoms with Crippen LogP contribution in [0.25, 0.3) is 156 Å². The normalized spacial score (nSPS) is 12.7. The molecule has 0 amide bonds. The summed E-state index contributed by atoms with van der Waals surface area (Å²) in [5.74, 6) is 0. The van der Waals surface area contributed by atoms with Gasteiger partial charge in [0.25, 0.3) is 0 Å². The molecule has 0 aliphatic carbocycles. The monoisotopic (exact) mass is 1340 g/mol. The standard InChI is InChI=1S/C92H86N6.Zn/c1-89(2,3)59-49-57(50-60(53-59)90(4,5)6)83-73-41-45-77(93-73)87(85-69-29-21-17-25-65(69)81(66-26-18-22-30-70(66)85)55-33-37-63(38-34-55)97(13)14)79-47-43-75(95-79)84(58-51-61(91(7,8)9)54-62(52-58)92(10,11)12)76-44-48-80(96-76)88(78-46-42-74(83)94-78)86-71-31-23-19-27-67(71)82(68-28-20-24-32-72(68)86)56-35-39-64(40-36-56)98(15)16;/h17-54H,1-16H3;/q-2;+2. The molecule has 2 aliphatic heterocycles. The number of nitrogens with zero attached hydrogens (tertiary/aromatic N) is 6. The average Bonchev–Trinajstić information content (AvgIpc) is 1.14. The SMILES string of the molecule is CN(C)c1ccc(-c2c3ccccc3c(-c3c4nc(c(-c5cc(C(C)(C)C)cc(C(C)(C)C)c5)c5ccc([n-]5)c(-c5c6ccccc6c(-c6ccc(N(C)C)cc6)c6ccccc56)c5nc(c(-c6cc(C(C)(C)C)cc(C(C)(C)C)c6)c6ccc3[n-]6)C=C5)C=C4)c3ccccc23)cc1.[Zn+2]. The van der Waals surface area contributed by atoms with E-state index in [1.54, 1.807) is 0 Å². The minimum absolute atomic E-state index is 0. The van der Waals surface area contributed by atoms with Gasteiger partial charge < -0.3 is 19.8 Å². The number of hydrogen-bond donors (Lipinski definition) is 0. The Morgan fingerprint density at radius 2 is 0.485 bits per heavy atom. The molecule has 0 spiro atoms. The van der Waals surface area contributed by atoms with Crippen LogP contribution in [0.5, 0.6) is 0 Å². The molecule has 0 saturated carbocycles. The molecular formula is C92H86N6Zn. The molecule has 2 aliphatic rings. The van der Waals surface area contributed by atoms with Gasteiger partial charge in [0.05, 0.1) is 22.8 Å². The molecule has 486 valence electrons. The Kier molecular flexibility index (Phi) is 16.6. The fraction of sp³-hybridized carbons (Fsp3) is 0.217. The third-order valence-electron chi connectivity index (χ3n) is 20.2. The molecule has 7 heteroatoms. The zero-order valence-electron chi connectivity index (χ0n) is 60.3. The second-order valence-corrected chi connectivity index (χ2v) is 31.5. The minimum Gasteiger partial charge on any atom is -0.657 e. The second kappa shape index (κ2) is 24.8.